The van der Waals surface area contributed by atoms with E-state index in [0.717, 1.165) is 34.5 Å². The number of aryl methyl sites for hydroxylation is 1. The van der Waals surface area contributed by atoms with Crippen molar-refractivity contribution in [1.82, 2.24) is 20.3 Å². The van der Waals surface area contributed by atoms with Crippen LogP contribution in [-0.2, 0) is 13.1 Å². The van der Waals surface area contributed by atoms with Crippen LogP contribution in [0.2, 0.25) is 0 Å². The summed E-state index contributed by atoms with van der Waals surface area (Å²) in [6.07, 6.45) is 3.72. The van der Waals surface area contributed by atoms with Crippen LogP contribution in [0, 0.1) is 6.92 Å². The molecule has 102 valence electrons. The zero-order valence-electron chi connectivity index (χ0n) is 11.0. The molecule has 0 atom stereocenters. The van der Waals surface area contributed by atoms with Gasteiger partial charge in [0.05, 0.1) is 16.4 Å². The Hall–Kier alpha value is -1.63. The summed E-state index contributed by atoms with van der Waals surface area (Å²) in [5, 5.41) is 7.54. The van der Waals surface area contributed by atoms with Crippen LogP contribution in [0.25, 0.3) is 10.7 Å². The van der Waals surface area contributed by atoms with E-state index in [2.05, 4.69) is 25.6 Å². The van der Waals surface area contributed by atoms with Crippen LogP contribution in [0.4, 0.5) is 0 Å². The lowest BCUT2D eigenvalue weighted by Crippen LogP contribution is -2.11. The molecule has 0 spiro atoms. The quantitative estimate of drug-likeness (QED) is 0.786. The van der Waals surface area contributed by atoms with Crippen molar-refractivity contribution in [3.63, 3.8) is 0 Å². The summed E-state index contributed by atoms with van der Waals surface area (Å²) < 4.78 is 0. The highest BCUT2D eigenvalue weighted by Crippen LogP contribution is 2.21. The van der Waals surface area contributed by atoms with Gasteiger partial charge in [0, 0.05) is 35.7 Å². The molecule has 0 aliphatic heterocycles. The van der Waals surface area contributed by atoms with Crippen LogP contribution in [0.3, 0.4) is 0 Å². The minimum absolute atomic E-state index is 0.764. The average Bonchev–Trinajstić information content (AvgIpc) is 3.09. The van der Waals surface area contributed by atoms with Crippen LogP contribution < -0.4 is 5.32 Å². The molecule has 0 aromatic carbocycles. The van der Waals surface area contributed by atoms with Crippen molar-refractivity contribution >= 4 is 22.7 Å². The van der Waals surface area contributed by atoms with Gasteiger partial charge in [-0.3, -0.25) is 4.98 Å². The van der Waals surface area contributed by atoms with Gasteiger partial charge in [0.2, 0.25) is 0 Å². The summed E-state index contributed by atoms with van der Waals surface area (Å²) in [6.45, 7) is 3.62. The number of nitrogens with zero attached hydrogens (tertiary/aromatic N) is 3. The van der Waals surface area contributed by atoms with Gasteiger partial charge in [-0.05, 0) is 19.1 Å². The third-order valence-electron chi connectivity index (χ3n) is 2.71. The van der Waals surface area contributed by atoms with E-state index in [0.29, 0.717) is 0 Å². The summed E-state index contributed by atoms with van der Waals surface area (Å²) in [6, 6.07) is 5.88. The van der Waals surface area contributed by atoms with Gasteiger partial charge in [-0.15, -0.1) is 22.7 Å². The van der Waals surface area contributed by atoms with E-state index in [4.69, 9.17) is 0 Å². The van der Waals surface area contributed by atoms with E-state index < -0.39 is 0 Å². The summed E-state index contributed by atoms with van der Waals surface area (Å²) >= 11 is 3.35. The van der Waals surface area contributed by atoms with Crippen LogP contribution >= 0.6 is 22.7 Å². The lowest BCUT2D eigenvalue weighted by Gasteiger charge is -1.99. The molecule has 0 aliphatic rings. The molecule has 3 aromatic rings. The number of pyridine rings is 1. The summed E-state index contributed by atoms with van der Waals surface area (Å²) in [5.74, 6) is 0. The highest BCUT2D eigenvalue weighted by molar-refractivity contribution is 7.13. The van der Waals surface area contributed by atoms with Crippen molar-refractivity contribution in [2.24, 2.45) is 0 Å². The van der Waals surface area contributed by atoms with Gasteiger partial charge >= 0.3 is 0 Å². The van der Waals surface area contributed by atoms with E-state index >= 15 is 0 Å². The van der Waals surface area contributed by atoms with E-state index in [1.54, 1.807) is 28.9 Å². The molecule has 6 heteroatoms. The Bertz CT molecular complexity index is 675. The molecule has 3 heterocycles. The molecule has 4 nitrogen and oxygen atoms in total. The predicted octanol–water partition coefficient (Wildman–Crippen LogP) is 3.26. The molecule has 0 fully saturated rings. The smallest absolute Gasteiger partial charge is 0.142 e. The summed E-state index contributed by atoms with van der Waals surface area (Å²) in [7, 11) is 0. The van der Waals surface area contributed by atoms with E-state index in [9.17, 15) is 0 Å². The Kier molecular flexibility index (Phi) is 4.15. The fourth-order valence-electron chi connectivity index (χ4n) is 1.80. The van der Waals surface area contributed by atoms with Crippen molar-refractivity contribution < 1.29 is 0 Å². The van der Waals surface area contributed by atoms with E-state index in [1.807, 2.05) is 31.3 Å². The summed E-state index contributed by atoms with van der Waals surface area (Å²) in [4.78, 5) is 14.4. The molecule has 1 N–H and O–H groups in total. The van der Waals surface area contributed by atoms with Crippen molar-refractivity contribution in [1.29, 1.82) is 0 Å². The fraction of sp³-hybridized carbons (Fsp3) is 0.214. The molecule has 3 aromatic heterocycles. The van der Waals surface area contributed by atoms with Gasteiger partial charge in [0.15, 0.2) is 0 Å². The Morgan fingerprint density at radius 3 is 2.90 bits per heavy atom. The highest BCUT2D eigenvalue weighted by atomic mass is 32.1. The Morgan fingerprint density at radius 2 is 2.15 bits per heavy atom. The van der Waals surface area contributed by atoms with Crippen LogP contribution in [0.5, 0.6) is 0 Å². The molecule has 0 saturated carbocycles. The maximum atomic E-state index is 4.60. The number of hydrogen-bond acceptors (Lipinski definition) is 6. The second-order valence-corrected chi connectivity index (χ2v) is 6.49. The Morgan fingerprint density at radius 1 is 1.20 bits per heavy atom. The first-order valence-corrected chi connectivity index (χ1v) is 7.99. The zero-order chi connectivity index (χ0) is 13.8. The third kappa shape index (κ3) is 3.27. The molecule has 0 bridgehead atoms. The monoisotopic (exact) mass is 302 g/mol. The molecule has 0 amide bonds. The van der Waals surface area contributed by atoms with E-state index in [-0.39, 0.29) is 0 Å². The molecule has 0 unspecified atom stereocenters. The van der Waals surface area contributed by atoms with Crippen molar-refractivity contribution in [2.45, 2.75) is 20.0 Å². The van der Waals surface area contributed by atoms with Crippen LogP contribution in [-0.4, -0.2) is 15.0 Å². The first-order valence-electron chi connectivity index (χ1n) is 6.29. The SMILES string of the molecule is Cc1ncc(CNCc2csc(-c3ccccn3)n2)s1. The second-order valence-electron chi connectivity index (χ2n) is 4.31. The molecular weight excluding hydrogens is 288 g/mol. The topological polar surface area (TPSA) is 50.7 Å². The highest BCUT2D eigenvalue weighted by Gasteiger charge is 2.05. The second kappa shape index (κ2) is 6.21. The maximum Gasteiger partial charge on any atom is 0.142 e. The predicted molar refractivity (Wildman–Crippen MR) is 82.7 cm³/mol. The molecule has 0 saturated heterocycles. The molecule has 0 aliphatic carbocycles. The lowest BCUT2D eigenvalue weighted by atomic mass is 10.3. The first-order chi connectivity index (χ1) is 9.81. The van der Waals surface area contributed by atoms with Gasteiger partial charge in [0.25, 0.3) is 0 Å². The molecule has 3 rings (SSSR count). The number of aromatic nitrogens is 3. The van der Waals surface area contributed by atoms with Crippen LogP contribution in [0.1, 0.15) is 15.6 Å². The fourth-order valence-corrected chi connectivity index (χ4v) is 3.36. The van der Waals surface area contributed by atoms with Gasteiger partial charge in [-0.1, -0.05) is 6.07 Å². The van der Waals surface area contributed by atoms with Crippen molar-refractivity contribution in [3.8, 4) is 10.7 Å². The molecular formula is C14H14N4S2. The van der Waals surface area contributed by atoms with Crippen molar-refractivity contribution in [3.05, 3.63) is 51.6 Å². The third-order valence-corrected chi connectivity index (χ3v) is 4.54. The van der Waals surface area contributed by atoms with Crippen LogP contribution in [0.15, 0.2) is 36.0 Å². The van der Waals surface area contributed by atoms with Gasteiger partial charge in [-0.2, -0.15) is 0 Å². The average molecular weight is 302 g/mol. The minimum Gasteiger partial charge on any atom is -0.306 e. The Balaban J connectivity index is 1.58. The first kappa shape index (κ1) is 13.4. The van der Waals surface area contributed by atoms with Crippen molar-refractivity contribution in [2.75, 3.05) is 0 Å². The van der Waals surface area contributed by atoms with Gasteiger partial charge < -0.3 is 5.32 Å². The number of rotatable bonds is 5. The zero-order valence-corrected chi connectivity index (χ0v) is 12.7. The maximum absolute atomic E-state index is 4.60. The molecule has 0 radical (unpaired) electrons. The Labute approximate surface area is 125 Å². The van der Waals surface area contributed by atoms with Gasteiger partial charge in [-0.25, -0.2) is 9.97 Å². The normalized spacial score (nSPS) is 10.8. The minimum atomic E-state index is 0.764. The van der Waals surface area contributed by atoms with Gasteiger partial charge in [0.1, 0.15) is 5.01 Å². The van der Waals surface area contributed by atoms with E-state index in [1.165, 1.54) is 4.88 Å². The standard InChI is InChI=1S/C14H14N4S2/c1-10-17-8-12(20-10)7-15-6-11-9-19-14(18-11)13-4-2-3-5-16-13/h2-5,8-9,15H,6-7H2,1H3. The lowest BCUT2D eigenvalue weighted by molar-refractivity contribution is 0.689. The number of nitrogens with one attached hydrogen (secondary N) is 1. The largest absolute Gasteiger partial charge is 0.306 e. The molecule has 20 heavy (non-hydrogen) atoms. The number of hydrogen-bond donors (Lipinski definition) is 1. The summed E-state index contributed by atoms with van der Waals surface area (Å²) in [5.41, 5.74) is 1.98. The number of thiazole rings is 2.